The molecule has 0 atom stereocenters. The van der Waals surface area contributed by atoms with Crippen molar-refractivity contribution in [2.75, 3.05) is 44.7 Å². The lowest BCUT2D eigenvalue weighted by Crippen LogP contribution is -2.41. The number of fused-ring (bicyclic) bond motifs is 2. The quantitative estimate of drug-likeness (QED) is 0.868. The molecular weight excluding hydrogens is 346 g/mol. The van der Waals surface area contributed by atoms with Gasteiger partial charge < -0.3 is 15.4 Å². The first-order valence-electron chi connectivity index (χ1n) is 9.01. The molecule has 5 nitrogen and oxygen atoms in total. The Morgan fingerprint density at radius 3 is 2.88 bits per heavy atom. The number of ether oxygens (including phenoxy) is 1. The third kappa shape index (κ3) is 4.03. The van der Waals surface area contributed by atoms with Crippen LogP contribution in [-0.4, -0.2) is 50.2 Å². The lowest BCUT2D eigenvalue weighted by atomic mass is 10.1. The van der Waals surface area contributed by atoms with Crippen LogP contribution in [0.3, 0.4) is 0 Å². The van der Waals surface area contributed by atoms with Gasteiger partial charge in [-0.25, -0.2) is 0 Å². The molecule has 4 rings (SSSR count). The molecule has 0 unspecified atom stereocenters. The van der Waals surface area contributed by atoms with E-state index < -0.39 is 0 Å². The summed E-state index contributed by atoms with van der Waals surface area (Å²) in [4.78, 5) is 17.2. The van der Waals surface area contributed by atoms with Crippen molar-refractivity contribution in [1.29, 1.82) is 0 Å². The van der Waals surface area contributed by atoms with Gasteiger partial charge in [0, 0.05) is 53.8 Å². The summed E-state index contributed by atoms with van der Waals surface area (Å²) in [7, 11) is 0. The van der Waals surface area contributed by atoms with E-state index in [4.69, 9.17) is 4.74 Å². The summed E-state index contributed by atoms with van der Waals surface area (Å²) in [6, 6.07) is 14.3. The predicted octanol–water partition coefficient (Wildman–Crippen LogP) is 2.83. The number of nitrogens with one attached hydrogen (secondary N) is 2. The van der Waals surface area contributed by atoms with Crippen LogP contribution < -0.4 is 10.6 Å². The first-order chi connectivity index (χ1) is 12.8. The van der Waals surface area contributed by atoms with E-state index in [1.807, 2.05) is 18.2 Å². The Labute approximate surface area is 158 Å². The van der Waals surface area contributed by atoms with Crippen LogP contribution in [0.5, 0.6) is 0 Å². The molecule has 0 aliphatic carbocycles. The minimum atomic E-state index is -0.0189. The van der Waals surface area contributed by atoms with Gasteiger partial charge in [-0.05, 0) is 29.8 Å². The topological polar surface area (TPSA) is 53.6 Å². The second kappa shape index (κ2) is 8.12. The van der Waals surface area contributed by atoms with Crippen molar-refractivity contribution in [2.45, 2.75) is 16.3 Å². The fourth-order valence-corrected chi connectivity index (χ4v) is 4.24. The summed E-state index contributed by atoms with van der Waals surface area (Å²) in [6.45, 7) is 5.74. The highest BCUT2D eigenvalue weighted by Crippen LogP contribution is 2.38. The third-order valence-electron chi connectivity index (χ3n) is 4.72. The molecule has 6 heteroatoms. The smallest absolute Gasteiger partial charge is 0.251 e. The van der Waals surface area contributed by atoms with Gasteiger partial charge in [0.1, 0.15) is 0 Å². The van der Waals surface area contributed by atoms with Crippen molar-refractivity contribution in [1.82, 2.24) is 10.2 Å². The predicted molar refractivity (Wildman–Crippen MR) is 104 cm³/mol. The van der Waals surface area contributed by atoms with Crippen LogP contribution >= 0.6 is 11.8 Å². The molecule has 2 aromatic rings. The first-order valence-corrected chi connectivity index (χ1v) is 9.83. The number of amides is 1. The van der Waals surface area contributed by atoms with E-state index in [-0.39, 0.29) is 5.91 Å². The molecular formula is C20H23N3O2S. The molecule has 2 aromatic carbocycles. The normalized spacial score (nSPS) is 16.8. The van der Waals surface area contributed by atoms with Gasteiger partial charge in [0.15, 0.2) is 0 Å². The lowest BCUT2D eigenvalue weighted by Gasteiger charge is -2.26. The Balaban J connectivity index is 1.38. The number of morpholine rings is 1. The van der Waals surface area contributed by atoms with Gasteiger partial charge in [0.05, 0.1) is 13.2 Å². The zero-order valence-electron chi connectivity index (χ0n) is 14.7. The maximum absolute atomic E-state index is 12.5. The van der Waals surface area contributed by atoms with E-state index in [1.165, 1.54) is 10.5 Å². The Kier molecular flexibility index (Phi) is 5.43. The Hall–Kier alpha value is -2.02. The van der Waals surface area contributed by atoms with E-state index in [0.717, 1.165) is 50.0 Å². The summed E-state index contributed by atoms with van der Waals surface area (Å²) >= 11 is 1.75. The number of hydrogen-bond donors (Lipinski definition) is 2. The highest BCUT2D eigenvalue weighted by Gasteiger charge is 2.16. The zero-order chi connectivity index (χ0) is 17.8. The van der Waals surface area contributed by atoms with E-state index in [9.17, 15) is 4.79 Å². The van der Waals surface area contributed by atoms with E-state index in [1.54, 1.807) is 11.8 Å². The van der Waals surface area contributed by atoms with E-state index in [0.29, 0.717) is 12.1 Å². The van der Waals surface area contributed by atoms with Crippen LogP contribution in [-0.2, 0) is 11.3 Å². The number of carbonyl (C=O) groups excluding carboxylic acids is 1. The maximum atomic E-state index is 12.5. The van der Waals surface area contributed by atoms with Gasteiger partial charge in [-0.3, -0.25) is 9.69 Å². The fraction of sp³-hybridized carbons (Fsp3) is 0.350. The number of hydrogen-bond acceptors (Lipinski definition) is 5. The molecule has 1 amide bonds. The molecule has 0 aromatic heterocycles. The largest absolute Gasteiger partial charge is 0.380 e. The Morgan fingerprint density at radius 1 is 1.15 bits per heavy atom. The standard InChI is InChI=1S/C20H23N3O2S/c24-20(21-7-8-23-9-11-25-12-10-23)15-5-6-19-17(13-15)22-14-16-3-1-2-4-18(16)26-19/h1-6,13,22H,7-12,14H2,(H,21,24). The number of carbonyl (C=O) groups is 1. The van der Waals surface area contributed by atoms with Gasteiger partial charge in [0.2, 0.25) is 0 Å². The molecule has 2 aliphatic heterocycles. The molecule has 0 saturated carbocycles. The number of nitrogens with zero attached hydrogens (tertiary/aromatic N) is 1. The van der Waals surface area contributed by atoms with Gasteiger partial charge in [0.25, 0.3) is 5.91 Å². The summed E-state index contributed by atoms with van der Waals surface area (Å²) in [5, 5.41) is 6.49. The van der Waals surface area contributed by atoms with Gasteiger partial charge in [-0.2, -0.15) is 0 Å². The highest BCUT2D eigenvalue weighted by atomic mass is 32.2. The molecule has 2 heterocycles. The monoisotopic (exact) mass is 369 g/mol. The van der Waals surface area contributed by atoms with Gasteiger partial charge in [-0.15, -0.1) is 0 Å². The number of anilines is 1. The molecule has 136 valence electrons. The summed E-state index contributed by atoms with van der Waals surface area (Å²) in [5.74, 6) is -0.0189. The Morgan fingerprint density at radius 2 is 2.00 bits per heavy atom. The molecule has 0 spiro atoms. The molecule has 26 heavy (non-hydrogen) atoms. The average Bonchev–Trinajstić information content (AvgIpc) is 2.87. The van der Waals surface area contributed by atoms with Crippen LogP contribution in [0.4, 0.5) is 5.69 Å². The van der Waals surface area contributed by atoms with E-state index in [2.05, 4.69) is 39.8 Å². The number of rotatable bonds is 4. The molecule has 1 fully saturated rings. The van der Waals surface area contributed by atoms with Crippen molar-refractivity contribution < 1.29 is 9.53 Å². The molecule has 0 bridgehead atoms. The fourth-order valence-electron chi connectivity index (χ4n) is 3.21. The third-order valence-corrected chi connectivity index (χ3v) is 5.91. The van der Waals surface area contributed by atoms with Crippen molar-refractivity contribution >= 4 is 23.4 Å². The van der Waals surface area contributed by atoms with Gasteiger partial charge in [-0.1, -0.05) is 30.0 Å². The highest BCUT2D eigenvalue weighted by molar-refractivity contribution is 7.99. The second-order valence-electron chi connectivity index (χ2n) is 6.48. The van der Waals surface area contributed by atoms with Gasteiger partial charge >= 0.3 is 0 Å². The Bertz CT molecular complexity index is 790. The minimum absolute atomic E-state index is 0.0189. The lowest BCUT2D eigenvalue weighted by molar-refractivity contribution is 0.0383. The van der Waals surface area contributed by atoms with Crippen molar-refractivity contribution in [3.05, 3.63) is 53.6 Å². The summed E-state index contributed by atoms with van der Waals surface area (Å²) in [6.07, 6.45) is 0. The SMILES string of the molecule is O=C(NCCN1CCOCC1)c1ccc2c(c1)NCc1ccccc1S2. The van der Waals surface area contributed by atoms with Crippen molar-refractivity contribution in [3.63, 3.8) is 0 Å². The average molecular weight is 369 g/mol. The summed E-state index contributed by atoms with van der Waals surface area (Å²) in [5.41, 5.74) is 3.00. The van der Waals surface area contributed by atoms with Crippen LogP contribution in [0.1, 0.15) is 15.9 Å². The second-order valence-corrected chi connectivity index (χ2v) is 7.57. The first kappa shape index (κ1) is 17.4. The molecule has 1 saturated heterocycles. The maximum Gasteiger partial charge on any atom is 0.251 e. The van der Waals surface area contributed by atoms with Crippen LogP contribution in [0.2, 0.25) is 0 Å². The minimum Gasteiger partial charge on any atom is -0.380 e. The molecule has 2 aliphatic rings. The summed E-state index contributed by atoms with van der Waals surface area (Å²) < 4.78 is 5.34. The molecule has 0 radical (unpaired) electrons. The number of benzene rings is 2. The van der Waals surface area contributed by atoms with E-state index >= 15 is 0 Å². The van der Waals surface area contributed by atoms with Crippen molar-refractivity contribution in [3.8, 4) is 0 Å². The van der Waals surface area contributed by atoms with Crippen LogP contribution in [0, 0.1) is 0 Å². The van der Waals surface area contributed by atoms with Crippen LogP contribution in [0.15, 0.2) is 52.3 Å². The van der Waals surface area contributed by atoms with Crippen LogP contribution in [0.25, 0.3) is 0 Å². The molecule has 2 N–H and O–H groups in total. The zero-order valence-corrected chi connectivity index (χ0v) is 15.5. The van der Waals surface area contributed by atoms with Crippen molar-refractivity contribution in [2.24, 2.45) is 0 Å².